The molecule has 0 radical (unpaired) electrons. The van der Waals surface area contributed by atoms with E-state index in [2.05, 4.69) is 34.8 Å². The number of hydrogen-bond donors (Lipinski definition) is 3. The smallest absolute Gasteiger partial charge is 0.221 e. The second-order valence-corrected chi connectivity index (χ2v) is 6.97. The first-order valence-corrected chi connectivity index (χ1v) is 9.18. The van der Waals surface area contributed by atoms with Gasteiger partial charge in [0.1, 0.15) is 17.3 Å². The number of nitrogens with one attached hydrogen (secondary N) is 3. The molecule has 3 N–H and O–H groups in total. The minimum Gasteiger partial charge on any atom is -0.338 e. The first-order valence-electron chi connectivity index (χ1n) is 9.18. The van der Waals surface area contributed by atoms with Crippen molar-refractivity contribution in [2.24, 2.45) is 0 Å². The van der Waals surface area contributed by atoms with Crippen molar-refractivity contribution in [2.45, 2.75) is 20.8 Å². The molecule has 0 unspecified atom stereocenters. The van der Waals surface area contributed by atoms with Crippen LogP contribution in [0.5, 0.6) is 0 Å². The Labute approximate surface area is 168 Å². The van der Waals surface area contributed by atoms with E-state index in [1.807, 2.05) is 43.3 Å². The topological polar surface area (TPSA) is 98.0 Å². The van der Waals surface area contributed by atoms with Gasteiger partial charge in [-0.15, -0.1) is 0 Å². The number of benzene rings is 2. The third kappa shape index (κ3) is 3.44. The van der Waals surface area contributed by atoms with E-state index in [0.29, 0.717) is 22.6 Å². The van der Waals surface area contributed by atoms with Crippen molar-refractivity contribution in [3.63, 3.8) is 0 Å². The number of amides is 1. The van der Waals surface area contributed by atoms with E-state index < -0.39 is 0 Å². The Morgan fingerprint density at radius 3 is 2.59 bits per heavy atom. The molecule has 4 rings (SSSR count). The van der Waals surface area contributed by atoms with E-state index >= 15 is 0 Å². The second kappa shape index (κ2) is 7.17. The summed E-state index contributed by atoms with van der Waals surface area (Å²) in [7, 11) is 0. The highest BCUT2D eigenvalue weighted by molar-refractivity contribution is 5.89. The Hall–Kier alpha value is -4.05. The van der Waals surface area contributed by atoms with E-state index in [0.717, 1.165) is 22.6 Å². The molecule has 29 heavy (non-hydrogen) atoms. The Kier molecular flexibility index (Phi) is 4.53. The maximum atomic E-state index is 11.3. The quantitative estimate of drug-likeness (QED) is 0.482. The highest BCUT2D eigenvalue weighted by Crippen LogP contribution is 2.33. The van der Waals surface area contributed by atoms with Crippen LogP contribution < -0.4 is 10.6 Å². The third-order valence-corrected chi connectivity index (χ3v) is 4.69. The van der Waals surface area contributed by atoms with Crippen LogP contribution in [0.3, 0.4) is 0 Å². The Morgan fingerprint density at radius 2 is 1.93 bits per heavy atom. The maximum absolute atomic E-state index is 11.3. The van der Waals surface area contributed by atoms with E-state index in [4.69, 9.17) is 4.98 Å². The lowest BCUT2D eigenvalue weighted by molar-refractivity contribution is -0.114. The lowest BCUT2D eigenvalue weighted by atomic mass is 10.1. The molecule has 1 amide bonds. The predicted molar refractivity (Wildman–Crippen MR) is 113 cm³/mol. The molecule has 2 aromatic carbocycles. The Balaban J connectivity index is 1.82. The lowest BCUT2D eigenvalue weighted by Crippen LogP contribution is -2.05. The van der Waals surface area contributed by atoms with Crippen molar-refractivity contribution in [2.75, 3.05) is 10.6 Å². The zero-order valence-corrected chi connectivity index (χ0v) is 16.4. The van der Waals surface area contributed by atoms with Crippen LogP contribution >= 0.6 is 0 Å². The number of H-pyrrole nitrogens is 1. The summed E-state index contributed by atoms with van der Waals surface area (Å²) in [6.45, 7) is 5.58. The number of anilines is 3. The average molecular weight is 384 g/mol. The van der Waals surface area contributed by atoms with Gasteiger partial charge in [0.2, 0.25) is 5.91 Å². The van der Waals surface area contributed by atoms with Crippen LogP contribution in [0.2, 0.25) is 0 Å². The zero-order chi connectivity index (χ0) is 20.5. The van der Waals surface area contributed by atoms with Crippen molar-refractivity contribution in [3.8, 4) is 17.3 Å². The number of rotatable bonds is 4. The van der Waals surface area contributed by atoms with Gasteiger partial charge in [0.15, 0.2) is 11.5 Å². The maximum Gasteiger partial charge on any atom is 0.221 e. The summed E-state index contributed by atoms with van der Waals surface area (Å²) in [6.07, 6.45) is 1.64. The predicted octanol–water partition coefficient (Wildman–Crippen LogP) is 4.52. The zero-order valence-electron chi connectivity index (χ0n) is 16.4. The van der Waals surface area contributed by atoms with Crippen LogP contribution in [-0.4, -0.2) is 20.5 Å². The van der Waals surface area contributed by atoms with E-state index in [1.54, 1.807) is 10.7 Å². The first-order chi connectivity index (χ1) is 14.0. The van der Waals surface area contributed by atoms with Crippen molar-refractivity contribution < 1.29 is 4.79 Å². The van der Waals surface area contributed by atoms with Crippen LogP contribution in [0.4, 0.5) is 17.2 Å². The van der Waals surface area contributed by atoms with Gasteiger partial charge in [-0.3, -0.25) is 9.89 Å². The Bertz CT molecular complexity index is 1260. The monoisotopic (exact) mass is 384 g/mol. The molecule has 0 fully saturated rings. The molecule has 0 spiro atoms. The van der Waals surface area contributed by atoms with Crippen LogP contribution in [0, 0.1) is 25.2 Å². The minimum atomic E-state index is -0.121. The van der Waals surface area contributed by atoms with Gasteiger partial charge in [0.25, 0.3) is 0 Å². The molecule has 144 valence electrons. The molecule has 0 aliphatic heterocycles. The molecule has 0 aliphatic carbocycles. The molecule has 7 heteroatoms. The molecular weight excluding hydrogens is 364 g/mol. The minimum absolute atomic E-state index is 0.121. The summed E-state index contributed by atoms with van der Waals surface area (Å²) in [5.41, 5.74) is 6.57. The fourth-order valence-corrected chi connectivity index (χ4v) is 3.32. The molecule has 4 aromatic rings. The van der Waals surface area contributed by atoms with Gasteiger partial charge in [0.05, 0.1) is 0 Å². The average Bonchev–Trinajstić information content (AvgIpc) is 3.24. The summed E-state index contributed by atoms with van der Waals surface area (Å²) in [5, 5.41) is 18.7. The first kappa shape index (κ1) is 18.3. The van der Waals surface area contributed by atoms with Gasteiger partial charge < -0.3 is 10.6 Å². The molecular formula is C22H20N6O. The standard InChI is InChI=1S/C22H20N6O/c1-13-4-9-19(14(2)10-13)26-22-20(27-21-17(11-23)12-24-28(21)22)16-5-7-18(8-6-16)25-15(3)29/h4-10,12,24,26H,1-3H3,(H,25,29). The van der Waals surface area contributed by atoms with Crippen LogP contribution in [-0.2, 0) is 4.79 Å². The van der Waals surface area contributed by atoms with Gasteiger partial charge >= 0.3 is 0 Å². The lowest BCUT2D eigenvalue weighted by Gasteiger charge is -2.11. The van der Waals surface area contributed by atoms with Crippen LogP contribution in [0.1, 0.15) is 23.6 Å². The molecule has 0 aliphatic rings. The number of nitriles is 1. The van der Waals surface area contributed by atoms with Gasteiger partial charge in [0, 0.05) is 30.1 Å². The highest BCUT2D eigenvalue weighted by Gasteiger charge is 2.19. The van der Waals surface area contributed by atoms with E-state index in [9.17, 15) is 10.1 Å². The number of hydrogen-bond acceptors (Lipinski definition) is 4. The summed E-state index contributed by atoms with van der Waals surface area (Å²) >= 11 is 0. The van der Waals surface area contributed by atoms with Crippen molar-refractivity contribution in [1.29, 1.82) is 5.26 Å². The van der Waals surface area contributed by atoms with Gasteiger partial charge in [-0.05, 0) is 37.6 Å². The largest absolute Gasteiger partial charge is 0.338 e. The molecule has 0 saturated heterocycles. The number of carbonyl (C=O) groups excluding carboxylic acids is 1. The number of fused-ring (bicyclic) bond motifs is 1. The highest BCUT2D eigenvalue weighted by atomic mass is 16.1. The third-order valence-electron chi connectivity index (χ3n) is 4.69. The number of aromatic nitrogens is 3. The summed E-state index contributed by atoms with van der Waals surface area (Å²) in [5.74, 6) is 0.615. The van der Waals surface area contributed by atoms with Crippen molar-refractivity contribution >= 4 is 28.7 Å². The summed E-state index contributed by atoms with van der Waals surface area (Å²) < 4.78 is 1.77. The number of nitrogens with zero attached hydrogens (tertiary/aromatic N) is 3. The molecule has 2 aromatic heterocycles. The number of aromatic amines is 1. The van der Waals surface area contributed by atoms with E-state index in [1.165, 1.54) is 12.5 Å². The molecule has 7 nitrogen and oxygen atoms in total. The van der Waals surface area contributed by atoms with Gasteiger partial charge in [-0.1, -0.05) is 29.8 Å². The molecule has 0 saturated carbocycles. The van der Waals surface area contributed by atoms with Crippen molar-refractivity contribution in [3.05, 3.63) is 65.4 Å². The summed E-state index contributed by atoms with van der Waals surface area (Å²) in [4.78, 5) is 16.0. The molecule has 0 atom stereocenters. The van der Waals surface area contributed by atoms with Crippen molar-refractivity contribution in [1.82, 2.24) is 14.6 Å². The number of carbonyl (C=O) groups is 1. The van der Waals surface area contributed by atoms with E-state index in [-0.39, 0.29) is 5.91 Å². The second-order valence-electron chi connectivity index (χ2n) is 6.97. The summed E-state index contributed by atoms with van der Waals surface area (Å²) in [6, 6.07) is 15.8. The fourth-order valence-electron chi connectivity index (χ4n) is 3.32. The Morgan fingerprint density at radius 1 is 1.17 bits per heavy atom. The number of aryl methyl sites for hydroxylation is 2. The normalized spacial score (nSPS) is 10.7. The van der Waals surface area contributed by atoms with Crippen LogP contribution in [0.25, 0.3) is 16.9 Å². The fraction of sp³-hybridized carbons (Fsp3) is 0.136. The SMILES string of the molecule is CC(=O)Nc1ccc(-c2nc3c(C#N)c[nH]n3c2Nc2ccc(C)cc2C)cc1. The molecule has 2 heterocycles. The van der Waals surface area contributed by atoms with Gasteiger partial charge in [-0.25, -0.2) is 9.50 Å². The van der Waals surface area contributed by atoms with Crippen LogP contribution in [0.15, 0.2) is 48.7 Å². The van der Waals surface area contributed by atoms with Gasteiger partial charge in [-0.2, -0.15) is 5.26 Å². The molecule has 0 bridgehead atoms. The number of imidazole rings is 1.